The average Bonchev–Trinajstić information content (AvgIpc) is 2.59. The van der Waals surface area contributed by atoms with Crippen LogP contribution in [0.25, 0.3) is 0 Å². The van der Waals surface area contributed by atoms with Gasteiger partial charge in [-0.1, -0.05) is 44.2 Å². The first-order chi connectivity index (χ1) is 12.3. The number of amides is 1. The number of hydrogen-bond acceptors (Lipinski definition) is 3. The molecule has 0 spiro atoms. The Balaban J connectivity index is 1.84. The first kappa shape index (κ1) is 19.6. The van der Waals surface area contributed by atoms with Crippen LogP contribution in [0.15, 0.2) is 48.5 Å². The second-order valence-electron chi connectivity index (χ2n) is 6.72. The summed E-state index contributed by atoms with van der Waals surface area (Å²) in [5.41, 5.74) is 2.31. The normalized spacial score (nSPS) is 11.9. The topological polar surface area (TPSA) is 55.4 Å². The number of benzene rings is 2. The molecule has 0 radical (unpaired) electrons. The highest BCUT2D eigenvalue weighted by Gasteiger charge is 2.13. The molecule has 4 nitrogen and oxygen atoms in total. The van der Waals surface area contributed by atoms with Crippen molar-refractivity contribution in [1.29, 1.82) is 0 Å². The molecule has 0 unspecified atom stereocenters. The first-order valence-electron chi connectivity index (χ1n) is 8.66. The summed E-state index contributed by atoms with van der Waals surface area (Å²) in [6.45, 7) is 5.79. The van der Waals surface area contributed by atoms with Crippen molar-refractivity contribution < 1.29 is 18.7 Å². The predicted molar refractivity (Wildman–Crippen MR) is 98.2 cm³/mol. The Morgan fingerprint density at radius 2 is 1.77 bits per heavy atom. The molecule has 0 bridgehead atoms. The lowest BCUT2D eigenvalue weighted by Crippen LogP contribution is -2.31. The van der Waals surface area contributed by atoms with Gasteiger partial charge in [-0.05, 0) is 48.6 Å². The van der Waals surface area contributed by atoms with Gasteiger partial charge in [-0.3, -0.25) is 4.79 Å². The van der Waals surface area contributed by atoms with Gasteiger partial charge in [-0.15, -0.1) is 0 Å². The highest BCUT2D eigenvalue weighted by molar-refractivity contribution is 5.91. The molecule has 0 aromatic heterocycles. The van der Waals surface area contributed by atoms with E-state index in [2.05, 4.69) is 31.3 Å². The standard InChI is InChI=1S/C21H24FNO3/c1-14(2)11-16-7-9-17(10-8-16)15(3)23-20(24)13-26-21(25)18-5-4-6-19(22)12-18/h4-10,12,14-15H,11,13H2,1-3H3,(H,23,24)/t15-/m1/s1. The molecule has 1 N–H and O–H groups in total. The molecule has 26 heavy (non-hydrogen) atoms. The summed E-state index contributed by atoms with van der Waals surface area (Å²) in [5.74, 6) is -1.08. The van der Waals surface area contributed by atoms with Crippen molar-refractivity contribution in [1.82, 2.24) is 5.32 Å². The van der Waals surface area contributed by atoms with Crippen LogP contribution >= 0.6 is 0 Å². The van der Waals surface area contributed by atoms with Crippen molar-refractivity contribution in [3.63, 3.8) is 0 Å². The van der Waals surface area contributed by atoms with Gasteiger partial charge < -0.3 is 10.1 Å². The number of esters is 1. The summed E-state index contributed by atoms with van der Waals surface area (Å²) >= 11 is 0. The van der Waals surface area contributed by atoms with E-state index in [4.69, 9.17) is 4.74 Å². The number of carbonyl (C=O) groups is 2. The van der Waals surface area contributed by atoms with Gasteiger partial charge in [0.15, 0.2) is 6.61 Å². The van der Waals surface area contributed by atoms with Crippen molar-refractivity contribution in [3.8, 4) is 0 Å². The minimum atomic E-state index is -0.731. The van der Waals surface area contributed by atoms with Crippen molar-refractivity contribution in [3.05, 3.63) is 71.0 Å². The molecule has 0 aliphatic heterocycles. The summed E-state index contributed by atoms with van der Waals surface area (Å²) in [6.07, 6.45) is 1.01. The van der Waals surface area contributed by atoms with Crippen LogP contribution in [0.4, 0.5) is 4.39 Å². The van der Waals surface area contributed by atoms with Crippen LogP contribution in [0.2, 0.25) is 0 Å². The monoisotopic (exact) mass is 357 g/mol. The Morgan fingerprint density at radius 1 is 1.08 bits per heavy atom. The predicted octanol–water partition coefficient (Wildman–Crippen LogP) is 4.06. The van der Waals surface area contributed by atoms with E-state index in [0.717, 1.165) is 18.1 Å². The second kappa shape index (κ2) is 9.13. The lowest BCUT2D eigenvalue weighted by Gasteiger charge is -2.15. The highest BCUT2D eigenvalue weighted by atomic mass is 19.1. The molecule has 0 saturated heterocycles. The molecular formula is C21H24FNO3. The Hall–Kier alpha value is -2.69. The molecule has 138 valence electrons. The SMILES string of the molecule is CC(C)Cc1ccc([C@@H](C)NC(=O)COC(=O)c2cccc(F)c2)cc1. The zero-order valence-corrected chi connectivity index (χ0v) is 15.3. The van der Waals surface area contributed by atoms with Gasteiger partial charge >= 0.3 is 5.97 Å². The van der Waals surface area contributed by atoms with Gasteiger partial charge in [-0.25, -0.2) is 9.18 Å². The Morgan fingerprint density at radius 3 is 2.38 bits per heavy atom. The van der Waals surface area contributed by atoms with Gasteiger partial charge in [-0.2, -0.15) is 0 Å². The molecule has 0 fully saturated rings. The van der Waals surface area contributed by atoms with Crippen LogP contribution in [-0.2, 0) is 16.0 Å². The number of halogens is 1. The molecule has 2 rings (SSSR count). The maximum atomic E-state index is 13.1. The van der Waals surface area contributed by atoms with Gasteiger partial charge in [0.1, 0.15) is 5.82 Å². The summed E-state index contributed by atoms with van der Waals surface area (Å²) in [7, 11) is 0. The van der Waals surface area contributed by atoms with E-state index in [9.17, 15) is 14.0 Å². The second-order valence-corrected chi connectivity index (χ2v) is 6.72. The number of rotatable bonds is 7. The fraction of sp³-hybridized carbons (Fsp3) is 0.333. The quantitative estimate of drug-likeness (QED) is 0.761. The fourth-order valence-corrected chi connectivity index (χ4v) is 2.61. The maximum absolute atomic E-state index is 13.1. The molecule has 2 aromatic carbocycles. The van der Waals surface area contributed by atoms with Crippen LogP contribution in [0.3, 0.4) is 0 Å². The molecule has 0 saturated carbocycles. The van der Waals surface area contributed by atoms with E-state index in [1.807, 2.05) is 19.1 Å². The van der Waals surface area contributed by atoms with Gasteiger partial charge in [0.2, 0.25) is 0 Å². The van der Waals surface area contributed by atoms with E-state index in [0.29, 0.717) is 5.92 Å². The summed E-state index contributed by atoms with van der Waals surface area (Å²) < 4.78 is 18.0. The van der Waals surface area contributed by atoms with E-state index >= 15 is 0 Å². The zero-order chi connectivity index (χ0) is 19.1. The van der Waals surface area contributed by atoms with Crippen LogP contribution in [0.1, 0.15) is 48.3 Å². The van der Waals surface area contributed by atoms with E-state index in [1.54, 1.807) is 0 Å². The third-order valence-electron chi connectivity index (χ3n) is 3.90. The molecule has 1 amide bonds. The Kier molecular flexibility index (Phi) is 6.89. The molecule has 0 aliphatic carbocycles. The van der Waals surface area contributed by atoms with Gasteiger partial charge in [0, 0.05) is 0 Å². The summed E-state index contributed by atoms with van der Waals surface area (Å²) in [6, 6.07) is 13.0. The smallest absolute Gasteiger partial charge is 0.338 e. The van der Waals surface area contributed by atoms with Crippen LogP contribution in [0, 0.1) is 11.7 Å². The zero-order valence-electron chi connectivity index (χ0n) is 15.3. The van der Waals surface area contributed by atoms with E-state index in [-0.39, 0.29) is 11.6 Å². The average molecular weight is 357 g/mol. The van der Waals surface area contributed by atoms with Crippen molar-refractivity contribution in [2.24, 2.45) is 5.92 Å². The van der Waals surface area contributed by atoms with Gasteiger partial charge in [0.25, 0.3) is 5.91 Å². The number of nitrogens with one attached hydrogen (secondary N) is 1. The van der Waals surface area contributed by atoms with Crippen LogP contribution in [-0.4, -0.2) is 18.5 Å². The van der Waals surface area contributed by atoms with Crippen molar-refractivity contribution >= 4 is 11.9 Å². The van der Waals surface area contributed by atoms with Crippen molar-refractivity contribution in [2.45, 2.75) is 33.2 Å². The summed E-state index contributed by atoms with van der Waals surface area (Å²) in [4.78, 5) is 23.8. The molecular weight excluding hydrogens is 333 g/mol. The number of carbonyl (C=O) groups excluding carboxylic acids is 2. The molecule has 0 aliphatic rings. The molecule has 5 heteroatoms. The first-order valence-corrected chi connectivity index (χ1v) is 8.66. The minimum Gasteiger partial charge on any atom is -0.452 e. The molecule has 2 aromatic rings. The summed E-state index contributed by atoms with van der Waals surface area (Å²) in [5, 5.41) is 2.78. The van der Waals surface area contributed by atoms with Crippen LogP contribution in [0.5, 0.6) is 0 Å². The fourth-order valence-electron chi connectivity index (χ4n) is 2.61. The lowest BCUT2D eigenvalue weighted by molar-refractivity contribution is -0.124. The number of hydrogen-bond donors (Lipinski definition) is 1. The third-order valence-corrected chi connectivity index (χ3v) is 3.90. The molecule has 1 atom stereocenters. The Bertz CT molecular complexity index is 756. The van der Waals surface area contributed by atoms with Crippen molar-refractivity contribution in [2.75, 3.05) is 6.61 Å². The molecule has 0 heterocycles. The third kappa shape index (κ3) is 5.99. The van der Waals surface area contributed by atoms with Crippen LogP contribution < -0.4 is 5.32 Å². The minimum absolute atomic E-state index is 0.0755. The number of ether oxygens (including phenoxy) is 1. The van der Waals surface area contributed by atoms with E-state index < -0.39 is 24.3 Å². The maximum Gasteiger partial charge on any atom is 0.338 e. The highest BCUT2D eigenvalue weighted by Crippen LogP contribution is 2.15. The largest absolute Gasteiger partial charge is 0.452 e. The lowest BCUT2D eigenvalue weighted by atomic mass is 10.00. The van der Waals surface area contributed by atoms with E-state index in [1.165, 1.54) is 23.8 Å². The Labute approximate surface area is 153 Å². The van der Waals surface area contributed by atoms with Gasteiger partial charge in [0.05, 0.1) is 11.6 Å².